The van der Waals surface area contributed by atoms with Crippen LogP contribution >= 0.6 is 0 Å². The van der Waals surface area contributed by atoms with Gasteiger partial charge in [-0.25, -0.2) is 4.79 Å². The van der Waals surface area contributed by atoms with Gasteiger partial charge in [0.15, 0.2) is 5.82 Å². The van der Waals surface area contributed by atoms with E-state index in [1.165, 1.54) is 0 Å². The number of nitrogens with zero attached hydrogens (tertiary/aromatic N) is 4. The van der Waals surface area contributed by atoms with Gasteiger partial charge < -0.3 is 10.1 Å². The molecular weight excluding hydrogens is 366 g/mol. The third kappa shape index (κ3) is 3.99. The maximum Gasteiger partial charge on any atom is 0.413 e. The fraction of sp³-hybridized carbons (Fsp3) is 0.364. The molecule has 2 aromatic carbocycles. The molecule has 0 spiro atoms. The van der Waals surface area contributed by atoms with Crippen LogP contribution in [0.25, 0.3) is 5.69 Å². The highest BCUT2D eigenvalue weighted by Gasteiger charge is 2.42. The molecule has 1 aromatic heterocycles. The minimum absolute atomic E-state index is 0.495. The zero-order valence-electron chi connectivity index (χ0n) is 16.7. The molecule has 1 N–H and O–H groups in total. The highest BCUT2D eigenvalue weighted by atomic mass is 16.6. The lowest BCUT2D eigenvalue weighted by Gasteiger charge is -2.38. The van der Waals surface area contributed by atoms with Crippen LogP contribution in [0.1, 0.15) is 44.0 Å². The molecule has 4 rings (SSSR count). The summed E-state index contributed by atoms with van der Waals surface area (Å²) in [5.41, 5.74) is 1.29. The number of rotatable bonds is 4. The fourth-order valence-corrected chi connectivity index (χ4v) is 3.92. The topological polar surface area (TPSA) is 81.9 Å². The van der Waals surface area contributed by atoms with Gasteiger partial charge in [-0.15, -0.1) is 5.10 Å². The Kier molecular flexibility index (Phi) is 5.29. The fourth-order valence-electron chi connectivity index (χ4n) is 3.92. The Morgan fingerprint density at radius 3 is 2.52 bits per heavy atom. The van der Waals surface area contributed by atoms with E-state index >= 15 is 0 Å². The molecule has 150 valence electrons. The summed E-state index contributed by atoms with van der Waals surface area (Å²) in [5, 5.41) is 15.6. The number of hydrogen-bond acceptors (Lipinski definition) is 5. The number of carbonyl (C=O) groups is 1. The minimum atomic E-state index is -0.676. The molecule has 0 unspecified atom stereocenters. The normalized spacial score (nSPS) is 21.5. The van der Waals surface area contributed by atoms with Crippen LogP contribution in [-0.4, -0.2) is 26.3 Å². The monoisotopic (exact) mass is 391 g/mol. The van der Waals surface area contributed by atoms with Gasteiger partial charge in [-0.1, -0.05) is 43.3 Å². The Morgan fingerprint density at radius 1 is 1.10 bits per heavy atom. The summed E-state index contributed by atoms with van der Waals surface area (Å²) in [5.74, 6) is 1.74. The molecule has 7 heteroatoms. The summed E-state index contributed by atoms with van der Waals surface area (Å²) in [7, 11) is 0. The number of para-hydroxylation sites is 2. The van der Waals surface area contributed by atoms with Crippen LogP contribution in [0.5, 0.6) is 5.75 Å². The van der Waals surface area contributed by atoms with Crippen molar-refractivity contribution in [1.29, 1.82) is 0 Å². The van der Waals surface area contributed by atoms with Gasteiger partial charge >= 0.3 is 6.09 Å². The zero-order valence-corrected chi connectivity index (χ0v) is 16.7. The van der Waals surface area contributed by atoms with E-state index in [-0.39, 0.29) is 0 Å². The number of hydrogen-bond donors (Lipinski definition) is 1. The van der Waals surface area contributed by atoms with Gasteiger partial charge in [-0.3, -0.25) is 0 Å². The van der Waals surface area contributed by atoms with Gasteiger partial charge in [0.1, 0.15) is 11.3 Å². The third-order valence-corrected chi connectivity index (χ3v) is 5.66. The minimum Gasteiger partial charge on any atom is -0.410 e. The summed E-state index contributed by atoms with van der Waals surface area (Å²) >= 11 is 0. The Hall–Kier alpha value is -3.22. The van der Waals surface area contributed by atoms with Crippen LogP contribution in [0.2, 0.25) is 0 Å². The number of aryl methyl sites for hydroxylation is 1. The summed E-state index contributed by atoms with van der Waals surface area (Å²) in [6, 6.07) is 17.0. The van der Waals surface area contributed by atoms with Crippen LogP contribution in [-0.2, 0) is 5.54 Å². The predicted octanol–water partition coefficient (Wildman–Crippen LogP) is 4.16. The highest BCUT2D eigenvalue weighted by Crippen LogP contribution is 2.39. The summed E-state index contributed by atoms with van der Waals surface area (Å²) in [4.78, 5) is 12.8. The number of nitrogens with one attached hydrogen (secondary N) is 1. The van der Waals surface area contributed by atoms with Gasteiger partial charge in [0, 0.05) is 0 Å². The second kappa shape index (κ2) is 8.03. The van der Waals surface area contributed by atoms with E-state index in [1.807, 2.05) is 49.4 Å². The lowest BCUT2D eigenvalue weighted by Crippen LogP contribution is -2.50. The first-order valence-corrected chi connectivity index (χ1v) is 9.97. The number of ether oxygens (including phenoxy) is 1. The maximum atomic E-state index is 12.8. The molecule has 1 saturated carbocycles. The molecule has 3 aromatic rings. The van der Waals surface area contributed by atoms with Gasteiger partial charge in [0.2, 0.25) is 0 Å². The van der Waals surface area contributed by atoms with Crippen LogP contribution in [0.3, 0.4) is 0 Å². The average molecular weight is 391 g/mol. The first-order chi connectivity index (χ1) is 14.1. The van der Waals surface area contributed by atoms with Crippen LogP contribution in [0.15, 0.2) is 54.6 Å². The smallest absolute Gasteiger partial charge is 0.410 e. The van der Waals surface area contributed by atoms with Gasteiger partial charge in [0.25, 0.3) is 0 Å². The van der Waals surface area contributed by atoms with Gasteiger partial charge in [0.05, 0.1) is 5.69 Å². The summed E-state index contributed by atoms with van der Waals surface area (Å²) in [6.07, 6.45) is 2.97. The zero-order chi connectivity index (χ0) is 20.3. The van der Waals surface area contributed by atoms with Crippen molar-refractivity contribution in [2.45, 2.75) is 45.1 Å². The second-order valence-corrected chi connectivity index (χ2v) is 7.79. The molecule has 1 fully saturated rings. The number of carbonyl (C=O) groups excluding carboxylic acids is 1. The number of aromatic nitrogens is 4. The molecule has 0 saturated heterocycles. The van der Waals surface area contributed by atoms with Crippen molar-refractivity contribution in [1.82, 2.24) is 25.5 Å². The van der Waals surface area contributed by atoms with Gasteiger partial charge in [-0.2, -0.15) is 4.68 Å². The molecule has 0 bridgehead atoms. The van der Waals surface area contributed by atoms with E-state index in [1.54, 1.807) is 16.8 Å². The van der Waals surface area contributed by atoms with Crippen molar-refractivity contribution in [2.75, 3.05) is 0 Å². The van der Waals surface area contributed by atoms with Crippen LogP contribution < -0.4 is 10.1 Å². The lowest BCUT2D eigenvalue weighted by molar-refractivity contribution is 0.150. The van der Waals surface area contributed by atoms with E-state index in [2.05, 4.69) is 27.8 Å². The molecule has 1 heterocycles. The standard InChI is InChI=1S/C22H25N5O2/c1-16-12-14-22(15-13-16,23-21(28)29-18-9-4-3-5-10-18)20-24-25-26-27(20)19-11-7-6-8-17(19)2/h3-11,16H,12-15H2,1-2H3,(H,23,28). The van der Waals surface area contributed by atoms with Crippen molar-refractivity contribution < 1.29 is 9.53 Å². The third-order valence-electron chi connectivity index (χ3n) is 5.66. The van der Waals surface area contributed by atoms with Crippen molar-refractivity contribution in [2.24, 2.45) is 5.92 Å². The molecular formula is C22H25N5O2. The molecule has 1 aliphatic carbocycles. The van der Waals surface area contributed by atoms with Crippen molar-refractivity contribution in [3.63, 3.8) is 0 Å². The van der Waals surface area contributed by atoms with E-state index in [0.29, 0.717) is 17.5 Å². The summed E-state index contributed by atoms with van der Waals surface area (Å²) in [6.45, 7) is 4.25. The average Bonchev–Trinajstić information content (AvgIpc) is 3.21. The number of amides is 1. The predicted molar refractivity (Wildman–Crippen MR) is 109 cm³/mol. The lowest BCUT2D eigenvalue weighted by atomic mass is 9.76. The van der Waals surface area contributed by atoms with E-state index in [9.17, 15) is 4.79 Å². The Balaban J connectivity index is 1.67. The molecule has 1 amide bonds. The molecule has 29 heavy (non-hydrogen) atoms. The highest BCUT2D eigenvalue weighted by molar-refractivity contribution is 5.71. The van der Waals surface area contributed by atoms with E-state index in [0.717, 1.165) is 36.9 Å². The van der Waals surface area contributed by atoms with E-state index in [4.69, 9.17) is 4.74 Å². The summed E-state index contributed by atoms with van der Waals surface area (Å²) < 4.78 is 7.25. The molecule has 0 aliphatic heterocycles. The molecule has 1 aliphatic rings. The first kappa shape index (κ1) is 19.1. The van der Waals surface area contributed by atoms with Crippen LogP contribution in [0.4, 0.5) is 4.79 Å². The van der Waals surface area contributed by atoms with Crippen molar-refractivity contribution in [3.05, 3.63) is 66.0 Å². The van der Waals surface area contributed by atoms with Crippen molar-refractivity contribution >= 4 is 6.09 Å². The van der Waals surface area contributed by atoms with Crippen molar-refractivity contribution in [3.8, 4) is 11.4 Å². The SMILES string of the molecule is Cc1ccccc1-n1nnnc1C1(NC(=O)Oc2ccccc2)CCC(C)CC1. The second-order valence-electron chi connectivity index (χ2n) is 7.79. The largest absolute Gasteiger partial charge is 0.413 e. The number of tetrazole rings is 1. The Bertz CT molecular complexity index is 978. The van der Waals surface area contributed by atoms with Gasteiger partial charge in [-0.05, 0) is 72.7 Å². The molecule has 7 nitrogen and oxygen atoms in total. The maximum absolute atomic E-state index is 12.8. The first-order valence-electron chi connectivity index (χ1n) is 9.97. The van der Waals surface area contributed by atoms with Crippen LogP contribution in [0, 0.1) is 12.8 Å². The quantitative estimate of drug-likeness (QED) is 0.722. The van der Waals surface area contributed by atoms with E-state index < -0.39 is 11.6 Å². The Labute approximate surface area is 170 Å². The Morgan fingerprint density at radius 2 is 1.79 bits per heavy atom. The molecule has 0 atom stereocenters. The molecule has 0 radical (unpaired) electrons. The number of benzene rings is 2.